The summed E-state index contributed by atoms with van der Waals surface area (Å²) in [4.78, 5) is 14.5. The van der Waals surface area contributed by atoms with Crippen molar-refractivity contribution in [2.24, 2.45) is 0 Å². The molecule has 0 aliphatic rings. The van der Waals surface area contributed by atoms with Crippen LogP contribution in [0.25, 0.3) is 10.8 Å². The zero-order chi connectivity index (χ0) is 9.80. The van der Waals surface area contributed by atoms with E-state index in [1.54, 1.807) is 0 Å². The van der Waals surface area contributed by atoms with Crippen LogP contribution in [-0.2, 0) is 9.63 Å². The first-order valence-electron chi connectivity index (χ1n) is 4.25. The molecule has 70 valence electrons. The minimum Gasteiger partial charge on any atom is -0.347 e. The van der Waals surface area contributed by atoms with E-state index in [0.29, 0.717) is 6.47 Å². The van der Waals surface area contributed by atoms with Crippen LogP contribution in [0.5, 0.6) is 0 Å². The average molecular weight is 187 g/mol. The summed E-state index contributed by atoms with van der Waals surface area (Å²) in [5.41, 5.74) is 3.36. The van der Waals surface area contributed by atoms with Gasteiger partial charge in [0.25, 0.3) is 0 Å². The minimum atomic E-state index is 0.363. The summed E-state index contributed by atoms with van der Waals surface area (Å²) in [5, 5.41) is 2.13. The average Bonchev–Trinajstić information content (AvgIpc) is 2.26. The summed E-state index contributed by atoms with van der Waals surface area (Å²) in [6, 6.07) is 13.6. The van der Waals surface area contributed by atoms with Crippen molar-refractivity contribution < 1.29 is 9.63 Å². The Labute approximate surface area is 81.3 Å². The first-order chi connectivity index (χ1) is 6.92. The molecular formula is C11H9NO2. The molecule has 0 fully saturated rings. The first-order valence-corrected chi connectivity index (χ1v) is 4.25. The number of fused-ring (bicyclic) bond motifs is 1. The van der Waals surface area contributed by atoms with Crippen molar-refractivity contribution in [1.29, 1.82) is 0 Å². The SMILES string of the molecule is O=CONc1cccc2ccccc12. The van der Waals surface area contributed by atoms with Crippen molar-refractivity contribution in [2.45, 2.75) is 0 Å². The van der Waals surface area contributed by atoms with Crippen LogP contribution in [0.15, 0.2) is 42.5 Å². The molecule has 0 spiro atoms. The molecule has 0 atom stereocenters. The van der Waals surface area contributed by atoms with E-state index < -0.39 is 0 Å². The summed E-state index contributed by atoms with van der Waals surface area (Å²) in [6.07, 6.45) is 0. The van der Waals surface area contributed by atoms with Crippen molar-refractivity contribution in [1.82, 2.24) is 0 Å². The lowest BCUT2D eigenvalue weighted by molar-refractivity contribution is -0.126. The van der Waals surface area contributed by atoms with E-state index in [1.165, 1.54) is 0 Å². The number of carbonyl (C=O) groups is 1. The number of nitrogens with one attached hydrogen (secondary N) is 1. The third kappa shape index (κ3) is 1.52. The first kappa shape index (κ1) is 8.56. The Balaban J connectivity index is 2.48. The van der Waals surface area contributed by atoms with Gasteiger partial charge in [0.15, 0.2) is 0 Å². The van der Waals surface area contributed by atoms with Gasteiger partial charge in [0.05, 0.1) is 5.69 Å². The molecule has 0 aliphatic carbocycles. The van der Waals surface area contributed by atoms with Gasteiger partial charge in [0.1, 0.15) is 0 Å². The number of carbonyl (C=O) groups excluding carboxylic acids is 1. The molecule has 3 heteroatoms. The summed E-state index contributed by atoms with van der Waals surface area (Å²) < 4.78 is 0. The Hall–Kier alpha value is -2.03. The lowest BCUT2D eigenvalue weighted by Crippen LogP contribution is -1.98. The molecule has 14 heavy (non-hydrogen) atoms. The fraction of sp³-hybridized carbons (Fsp3) is 0. The monoisotopic (exact) mass is 187 g/mol. The van der Waals surface area contributed by atoms with Crippen LogP contribution < -0.4 is 5.48 Å². The summed E-state index contributed by atoms with van der Waals surface area (Å²) in [6.45, 7) is 0.363. The van der Waals surface area contributed by atoms with E-state index in [-0.39, 0.29) is 0 Å². The molecule has 0 bridgehead atoms. The van der Waals surface area contributed by atoms with E-state index in [9.17, 15) is 4.79 Å². The predicted molar refractivity (Wildman–Crippen MR) is 54.7 cm³/mol. The Morgan fingerprint density at radius 1 is 1.07 bits per heavy atom. The van der Waals surface area contributed by atoms with Gasteiger partial charge in [0, 0.05) is 5.39 Å². The van der Waals surface area contributed by atoms with Gasteiger partial charge in [-0.3, -0.25) is 4.79 Å². The van der Waals surface area contributed by atoms with Crippen molar-refractivity contribution >= 4 is 22.9 Å². The molecule has 2 rings (SSSR count). The van der Waals surface area contributed by atoms with Gasteiger partial charge in [-0.15, -0.1) is 0 Å². The van der Waals surface area contributed by atoms with E-state index in [4.69, 9.17) is 0 Å². The topological polar surface area (TPSA) is 38.3 Å². The minimum absolute atomic E-state index is 0.363. The second-order valence-corrected chi connectivity index (χ2v) is 2.84. The van der Waals surface area contributed by atoms with Gasteiger partial charge in [-0.05, 0) is 11.5 Å². The van der Waals surface area contributed by atoms with Crippen molar-refractivity contribution in [3.05, 3.63) is 42.5 Å². The number of hydrogen-bond donors (Lipinski definition) is 1. The Bertz CT molecular complexity index is 448. The largest absolute Gasteiger partial charge is 0.347 e. The lowest BCUT2D eigenvalue weighted by Gasteiger charge is -2.05. The van der Waals surface area contributed by atoms with Gasteiger partial charge in [-0.2, -0.15) is 0 Å². The van der Waals surface area contributed by atoms with Gasteiger partial charge in [-0.25, -0.2) is 5.48 Å². The zero-order valence-electron chi connectivity index (χ0n) is 7.44. The molecule has 0 radical (unpaired) electrons. The highest BCUT2D eigenvalue weighted by molar-refractivity contribution is 5.93. The van der Waals surface area contributed by atoms with Crippen molar-refractivity contribution in [3.8, 4) is 0 Å². The Kier molecular flexibility index (Phi) is 2.32. The maximum absolute atomic E-state index is 10.0. The molecule has 3 nitrogen and oxygen atoms in total. The maximum atomic E-state index is 10.0. The fourth-order valence-corrected chi connectivity index (χ4v) is 1.40. The van der Waals surface area contributed by atoms with E-state index >= 15 is 0 Å². The number of anilines is 1. The molecule has 0 saturated heterocycles. The number of benzene rings is 2. The van der Waals surface area contributed by atoms with E-state index in [1.807, 2.05) is 42.5 Å². The molecule has 1 N–H and O–H groups in total. The molecule has 0 aliphatic heterocycles. The standard InChI is InChI=1S/C11H9NO2/c13-8-14-12-11-7-3-5-9-4-1-2-6-10(9)11/h1-8,12H. The van der Waals surface area contributed by atoms with Gasteiger partial charge >= 0.3 is 6.47 Å². The van der Waals surface area contributed by atoms with Crippen LogP contribution in [0.2, 0.25) is 0 Å². The summed E-state index contributed by atoms with van der Waals surface area (Å²) in [7, 11) is 0. The molecule has 2 aromatic carbocycles. The summed E-state index contributed by atoms with van der Waals surface area (Å²) >= 11 is 0. The molecular weight excluding hydrogens is 178 g/mol. The van der Waals surface area contributed by atoms with Crippen LogP contribution in [0.4, 0.5) is 5.69 Å². The predicted octanol–water partition coefficient (Wildman–Crippen LogP) is 2.34. The van der Waals surface area contributed by atoms with Crippen LogP contribution in [0, 0.1) is 0 Å². The third-order valence-corrected chi connectivity index (χ3v) is 2.01. The fourth-order valence-electron chi connectivity index (χ4n) is 1.40. The second kappa shape index (κ2) is 3.79. The zero-order valence-corrected chi connectivity index (χ0v) is 7.44. The molecule has 0 saturated carbocycles. The third-order valence-electron chi connectivity index (χ3n) is 2.01. The Morgan fingerprint density at radius 2 is 1.86 bits per heavy atom. The van der Waals surface area contributed by atoms with Gasteiger partial charge in [-0.1, -0.05) is 36.4 Å². The summed E-state index contributed by atoms with van der Waals surface area (Å²) in [5.74, 6) is 0. The normalized spacial score (nSPS) is 9.71. The highest BCUT2D eigenvalue weighted by Gasteiger charge is 1.98. The number of rotatable bonds is 3. The van der Waals surface area contributed by atoms with Crippen LogP contribution >= 0.6 is 0 Å². The van der Waals surface area contributed by atoms with Crippen LogP contribution in [0.3, 0.4) is 0 Å². The lowest BCUT2D eigenvalue weighted by atomic mass is 10.1. The molecule has 0 unspecified atom stereocenters. The molecule has 0 amide bonds. The van der Waals surface area contributed by atoms with Gasteiger partial charge in [0.2, 0.25) is 0 Å². The quantitative estimate of drug-likeness (QED) is 0.592. The van der Waals surface area contributed by atoms with Gasteiger partial charge < -0.3 is 4.84 Å². The Morgan fingerprint density at radius 3 is 2.71 bits per heavy atom. The molecule has 0 aromatic heterocycles. The second-order valence-electron chi connectivity index (χ2n) is 2.84. The van der Waals surface area contributed by atoms with Crippen molar-refractivity contribution in [3.63, 3.8) is 0 Å². The van der Waals surface area contributed by atoms with Crippen LogP contribution in [-0.4, -0.2) is 6.47 Å². The highest BCUT2D eigenvalue weighted by atomic mass is 16.7. The van der Waals surface area contributed by atoms with E-state index in [0.717, 1.165) is 16.5 Å². The van der Waals surface area contributed by atoms with E-state index in [2.05, 4.69) is 10.3 Å². The molecule has 0 heterocycles. The van der Waals surface area contributed by atoms with Crippen molar-refractivity contribution in [2.75, 3.05) is 5.48 Å². The maximum Gasteiger partial charge on any atom is 0.320 e. The van der Waals surface area contributed by atoms with Crippen LogP contribution in [0.1, 0.15) is 0 Å². The molecule has 2 aromatic rings. The number of hydrogen-bond acceptors (Lipinski definition) is 3. The highest BCUT2D eigenvalue weighted by Crippen LogP contribution is 2.22. The smallest absolute Gasteiger partial charge is 0.320 e.